The number of imidazole rings is 1. The van der Waals surface area contributed by atoms with E-state index in [1.54, 1.807) is 18.7 Å². The fourth-order valence-corrected chi connectivity index (χ4v) is 2.48. The molecule has 0 unspecified atom stereocenters. The number of hydrogen-bond acceptors (Lipinski definition) is 4. The first kappa shape index (κ1) is 11.1. The molecule has 3 heterocycles. The van der Waals surface area contributed by atoms with Crippen molar-refractivity contribution < 1.29 is 0 Å². The molecule has 0 bridgehead atoms. The van der Waals surface area contributed by atoms with E-state index in [4.69, 9.17) is 5.10 Å². The van der Waals surface area contributed by atoms with E-state index in [0.29, 0.717) is 0 Å². The molecule has 0 spiro atoms. The van der Waals surface area contributed by atoms with E-state index >= 15 is 0 Å². The molecule has 1 aliphatic carbocycles. The summed E-state index contributed by atoms with van der Waals surface area (Å²) in [6.45, 7) is 0. The molecule has 0 atom stereocenters. The SMILES string of the molecule is C1=Cc2c(-c3cnc[nH]3)nn(-c3ccncn3)c2CC1. The Morgan fingerprint density at radius 3 is 3.05 bits per heavy atom. The van der Waals surface area contributed by atoms with E-state index in [1.807, 2.05) is 10.7 Å². The van der Waals surface area contributed by atoms with E-state index in [2.05, 4.69) is 32.1 Å². The van der Waals surface area contributed by atoms with Crippen molar-refractivity contribution in [2.75, 3.05) is 0 Å². The lowest BCUT2D eigenvalue weighted by Crippen LogP contribution is -2.06. The van der Waals surface area contributed by atoms with Gasteiger partial charge in [-0.25, -0.2) is 19.6 Å². The van der Waals surface area contributed by atoms with Crippen LogP contribution in [0.15, 0.2) is 37.2 Å². The minimum absolute atomic E-state index is 0.789. The Labute approximate surface area is 115 Å². The van der Waals surface area contributed by atoms with Gasteiger partial charge in [-0.1, -0.05) is 12.2 Å². The largest absolute Gasteiger partial charge is 0.343 e. The zero-order valence-electron chi connectivity index (χ0n) is 10.7. The first-order valence-electron chi connectivity index (χ1n) is 6.47. The van der Waals surface area contributed by atoms with Crippen LogP contribution in [-0.2, 0) is 6.42 Å². The van der Waals surface area contributed by atoms with Gasteiger partial charge in [0.25, 0.3) is 0 Å². The first-order chi connectivity index (χ1) is 9.93. The van der Waals surface area contributed by atoms with Gasteiger partial charge in [0.05, 0.1) is 23.9 Å². The molecule has 0 fully saturated rings. The van der Waals surface area contributed by atoms with Crippen molar-refractivity contribution in [3.63, 3.8) is 0 Å². The van der Waals surface area contributed by atoms with Gasteiger partial charge in [-0.3, -0.25) is 0 Å². The van der Waals surface area contributed by atoms with Gasteiger partial charge in [0.15, 0.2) is 5.82 Å². The van der Waals surface area contributed by atoms with E-state index in [0.717, 1.165) is 35.6 Å². The molecule has 0 radical (unpaired) electrons. The van der Waals surface area contributed by atoms with Crippen molar-refractivity contribution in [2.45, 2.75) is 12.8 Å². The van der Waals surface area contributed by atoms with Gasteiger partial charge in [0, 0.05) is 17.8 Å². The maximum atomic E-state index is 4.71. The van der Waals surface area contributed by atoms with Crippen LogP contribution in [0.1, 0.15) is 17.7 Å². The molecule has 0 saturated heterocycles. The van der Waals surface area contributed by atoms with Crippen molar-refractivity contribution in [3.05, 3.63) is 48.4 Å². The molecule has 0 saturated carbocycles. The van der Waals surface area contributed by atoms with Crippen molar-refractivity contribution >= 4 is 6.08 Å². The lowest BCUT2D eigenvalue weighted by atomic mass is 10.0. The lowest BCUT2D eigenvalue weighted by molar-refractivity contribution is 0.767. The molecule has 0 amide bonds. The normalized spacial score (nSPS) is 13.4. The molecular weight excluding hydrogens is 252 g/mol. The molecule has 6 heteroatoms. The predicted molar refractivity (Wildman–Crippen MR) is 74.1 cm³/mol. The summed E-state index contributed by atoms with van der Waals surface area (Å²) in [6.07, 6.45) is 13.0. The molecule has 4 rings (SSSR count). The van der Waals surface area contributed by atoms with E-state index < -0.39 is 0 Å². The second-order valence-corrected chi connectivity index (χ2v) is 4.59. The van der Waals surface area contributed by atoms with E-state index in [1.165, 1.54) is 12.0 Å². The third-order valence-electron chi connectivity index (χ3n) is 3.39. The van der Waals surface area contributed by atoms with Crippen LogP contribution in [0.2, 0.25) is 0 Å². The Bertz CT molecular complexity index is 755. The monoisotopic (exact) mass is 264 g/mol. The van der Waals surface area contributed by atoms with Crippen molar-refractivity contribution in [1.29, 1.82) is 0 Å². The number of allylic oxidation sites excluding steroid dienone is 1. The molecular formula is C14H12N6. The predicted octanol–water partition coefficient (Wildman–Crippen LogP) is 2.01. The van der Waals surface area contributed by atoms with Crippen molar-refractivity contribution in [3.8, 4) is 17.2 Å². The summed E-state index contributed by atoms with van der Waals surface area (Å²) in [6, 6.07) is 1.86. The highest BCUT2D eigenvalue weighted by Gasteiger charge is 2.20. The number of aromatic amines is 1. The van der Waals surface area contributed by atoms with Crippen LogP contribution in [0.3, 0.4) is 0 Å². The van der Waals surface area contributed by atoms with Crippen molar-refractivity contribution in [1.82, 2.24) is 29.7 Å². The summed E-state index contributed by atoms with van der Waals surface area (Å²) in [5, 5.41) is 4.71. The van der Waals surface area contributed by atoms with Gasteiger partial charge in [0.2, 0.25) is 0 Å². The Morgan fingerprint density at radius 2 is 2.25 bits per heavy atom. The number of hydrogen-bond donors (Lipinski definition) is 1. The van der Waals surface area contributed by atoms with Gasteiger partial charge in [-0.2, -0.15) is 5.10 Å². The average molecular weight is 264 g/mol. The Hall–Kier alpha value is -2.76. The van der Waals surface area contributed by atoms with Gasteiger partial charge < -0.3 is 4.98 Å². The molecule has 1 aliphatic rings. The van der Waals surface area contributed by atoms with Gasteiger partial charge in [-0.15, -0.1) is 0 Å². The molecule has 98 valence electrons. The fourth-order valence-electron chi connectivity index (χ4n) is 2.48. The molecule has 6 nitrogen and oxygen atoms in total. The second-order valence-electron chi connectivity index (χ2n) is 4.59. The van der Waals surface area contributed by atoms with Gasteiger partial charge in [0.1, 0.15) is 12.0 Å². The highest BCUT2D eigenvalue weighted by molar-refractivity contribution is 5.72. The lowest BCUT2D eigenvalue weighted by Gasteiger charge is -2.08. The Kier molecular flexibility index (Phi) is 2.45. The highest BCUT2D eigenvalue weighted by atomic mass is 15.3. The number of fused-ring (bicyclic) bond motifs is 1. The summed E-state index contributed by atoms with van der Waals surface area (Å²) in [5.74, 6) is 0.789. The van der Waals surface area contributed by atoms with Gasteiger partial charge >= 0.3 is 0 Å². The van der Waals surface area contributed by atoms with Crippen LogP contribution < -0.4 is 0 Å². The van der Waals surface area contributed by atoms with Crippen LogP contribution >= 0.6 is 0 Å². The summed E-state index contributed by atoms with van der Waals surface area (Å²) < 4.78 is 1.90. The molecule has 3 aromatic rings. The summed E-state index contributed by atoms with van der Waals surface area (Å²) in [4.78, 5) is 15.4. The summed E-state index contributed by atoms with van der Waals surface area (Å²) >= 11 is 0. The third kappa shape index (κ3) is 1.65. The quantitative estimate of drug-likeness (QED) is 0.768. The van der Waals surface area contributed by atoms with Crippen molar-refractivity contribution in [2.24, 2.45) is 0 Å². The molecule has 3 aromatic heterocycles. The number of H-pyrrole nitrogens is 1. The minimum atomic E-state index is 0.789. The van der Waals surface area contributed by atoms with E-state index in [-0.39, 0.29) is 0 Å². The zero-order chi connectivity index (χ0) is 13.4. The Morgan fingerprint density at radius 1 is 1.25 bits per heavy atom. The summed E-state index contributed by atoms with van der Waals surface area (Å²) in [5.41, 5.74) is 4.14. The zero-order valence-corrected chi connectivity index (χ0v) is 10.7. The third-order valence-corrected chi connectivity index (χ3v) is 3.39. The number of rotatable bonds is 2. The topological polar surface area (TPSA) is 72.3 Å². The van der Waals surface area contributed by atoms with Crippen LogP contribution in [-0.4, -0.2) is 29.7 Å². The summed E-state index contributed by atoms with van der Waals surface area (Å²) in [7, 11) is 0. The first-order valence-corrected chi connectivity index (χ1v) is 6.47. The second kappa shape index (κ2) is 4.41. The highest BCUT2D eigenvalue weighted by Crippen LogP contribution is 2.30. The van der Waals surface area contributed by atoms with Crippen LogP contribution in [0.4, 0.5) is 0 Å². The standard InChI is InChI=1S/C14H12N6/c1-2-4-12-10(3-1)14(11-7-16-9-17-11)19-20(12)13-5-6-15-8-18-13/h1,3,5-9H,2,4H2,(H,16,17). The van der Waals surface area contributed by atoms with Crippen LogP contribution in [0.5, 0.6) is 0 Å². The maximum absolute atomic E-state index is 4.71. The smallest absolute Gasteiger partial charge is 0.157 e. The fraction of sp³-hybridized carbons (Fsp3) is 0.143. The molecule has 0 aromatic carbocycles. The molecule has 20 heavy (non-hydrogen) atoms. The van der Waals surface area contributed by atoms with E-state index in [9.17, 15) is 0 Å². The minimum Gasteiger partial charge on any atom is -0.343 e. The number of nitrogens with zero attached hydrogens (tertiary/aromatic N) is 5. The van der Waals surface area contributed by atoms with Crippen LogP contribution in [0.25, 0.3) is 23.3 Å². The average Bonchev–Trinajstić information content (AvgIpc) is 3.15. The van der Waals surface area contributed by atoms with Crippen LogP contribution in [0, 0.1) is 0 Å². The maximum Gasteiger partial charge on any atom is 0.157 e. The molecule has 1 N–H and O–H groups in total. The van der Waals surface area contributed by atoms with Gasteiger partial charge in [-0.05, 0) is 12.8 Å². The molecule has 0 aliphatic heterocycles. The number of nitrogens with one attached hydrogen (secondary N) is 1. The Balaban J connectivity index is 1.95. The number of aromatic nitrogens is 6.